The summed E-state index contributed by atoms with van der Waals surface area (Å²) in [4.78, 5) is 10.8. The first-order chi connectivity index (χ1) is 6.67. The molecule has 0 fully saturated rings. The van der Waals surface area contributed by atoms with Gasteiger partial charge in [0, 0.05) is 5.69 Å². The van der Waals surface area contributed by atoms with Crippen molar-refractivity contribution in [1.29, 1.82) is 5.26 Å². The molecule has 0 spiro atoms. The first kappa shape index (κ1) is 9.99. The van der Waals surface area contributed by atoms with Crippen LogP contribution in [0.1, 0.15) is 5.56 Å². The van der Waals surface area contributed by atoms with E-state index in [1.54, 1.807) is 6.07 Å². The number of halogens is 1. The zero-order chi connectivity index (χ0) is 10.6. The van der Waals surface area contributed by atoms with Gasteiger partial charge < -0.3 is 4.74 Å². The molecule has 0 radical (unpaired) electrons. The number of ether oxygens (including phenoxy) is 1. The lowest BCUT2D eigenvalue weighted by Gasteiger charge is -2.03. The highest BCUT2D eigenvalue weighted by Crippen LogP contribution is 2.13. The molecule has 1 N–H and O–H groups in total. The maximum atomic E-state index is 12.8. The van der Waals surface area contributed by atoms with Crippen LogP contribution in [-0.2, 0) is 4.74 Å². The molecule has 0 aliphatic rings. The molecule has 1 aromatic rings. The average molecular weight is 194 g/mol. The number of amides is 1. The van der Waals surface area contributed by atoms with Crippen molar-refractivity contribution in [2.24, 2.45) is 0 Å². The Balaban J connectivity index is 2.91. The van der Waals surface area contributed by atoms with Gasteiger partial charge in [0.1, 0.15) is 11.9 Å². The first-order valence-electron chi connectivity index (χ1n) is 3.72. The highest BCUT2D eigenvalue weighted by molar-refractivity contribution is 5.84. The second-order valence-electron chi connectivity index (χ2n) is 2.42. The Morgan fingerprint density at radius 2 is 2.36 bits per heavy atom. The Hall–Kier alpha value is -2.09. The van der Waals surface area contributed by atoms with Crippen LogP contribution in [0.15, 0.2) is 18.2 Å². The van der Waals surface area contributed by atoms with Crippen LogP contribution < -0.4 is 5.32 Å². The van der Waals surface area contributed by atoms with E-state index in [1.807, 2.05) is 0 Å². The van der Waals surface area contributed by atoms with Crippen LogP contribution in [-0.4, -0.2) is 13.2 Å². The monoisotopic (exact) mass is 194 g/mol. The molecular formula is C9H7FN2O2. The fraction of sp³-hybridized carbons (Fsp3) is 0.111. The van der Waals surface area contributed by atoms with Crippen LogP contribution in [0.25, 0.3) is 0 Å². The topological polar surface area (TPSA) is 62.1 Å². The van der Waals surface area contributed by atoms with Crippen molar-refractivity contribution in [2.45, 2.75) is 0 Å². The van der Waals surface area contributed by atoms with E-state index in [1.165, 1.54) is 19.2 Å². The standard InChI is InChI=1S/C9H7FN2O2/c1-14-9(13)12-7-2-3-8(10)6(4-7)5-11/h2-4H,1H3,(H,12,13). The summed E-state index contributed by atoms with van der Waals surface area (Å²) in [6.45, 7) is 0. The van der Waals surface area contributed by atoms with E-state index < -0.39 is 11.9 Å². The molecule has 0 aliphatic heterocycles. The Labute approximate surface area is 79.9 Å². The van der Waals surface area contributed by atoms with Gasteiger partial charge in [-0.05, 0) is 18.2 Å². The predicted molar refractivity (Wildman–Crippen MR) is 47.1 cm³/mol. The number of hydrogen-bond donors (Lipinski definition) is 1. The molecule has 72 valence electrons. The molecule has 0 saturated heterocycles. The highest BCUT2D eigenvalue weighted by atomic mass is 19.1. The second-order valence-corrected chi connectivity index (χ2v) is 2.42. The lowest BCUT2D eigenvalue weighted by molar-refractivity contribution is 0.187. The normalized spacial score (nSPS) is 8.93. The molecule has 0 aliphatic carbocycles. The van der Waals surface area contributed by atoms with Gasteiger partial charge in [0.25, 0.3) is 0 Å². The Morgan fingerprint density at radius 1 is 1.64 bits per heavy atom. The smallest absolute Gasteiger partial charge is 0.411 e. The van der Waals surface area contributed by atoms with Crippen molar-refractivity contribution in [2.75, 3.05) is 12.4 Å². The minimum absolute atomic E-state index is 0.126. The summed E-state index contributed by atoms with van der Waals surface area (Å²) in [6, 6.07) is 5.33. The molecule has 0 saturated carbocycles. The van der Waals surface area contributed by atoms with Crippen molar-refractivity contribution in [3.05, 3.63) is 29.6 Å². The number of nitrogens with one attached hydrogen (secondary N) is 1. The summed E-state index contributed by atoms with van der Waals surface area (Å²) in [6.07, 6.45) is -0.666. The first-order valence-corrected chi connectivity index (χ1v) is 3.72. The SMILES string of the molecule is COC(=O)Nc1ccc(F)c(C#N)c1. The summed E-state index contributed by atoms with van der Waals surface area (Å²) in [5.74, 6) is -0.622. The molecule has 0 bridgehead atoms. The summed E-state index contributed by atoms with van der Waals surface area (Å²) >= 11 is 0. The molecule has 1 aromatic carbocycles. The third-order valence-electron chi connectivity index (χ3n) is 1.52. The maximum Gasteiger partial charge on any atom is 0.411 e. The third kappa shape index (κ3) is 2.20. The Kier molecular flexibility index (Phi) is 3.02. The van der Waals surface area contributed by atoms with Crippen molar-refractivity contribution in [1.82, 2.24) is 0 Å². The molecular weight excluding hydrogens is 187 g/mol. The number of nitrogens with zero attached hydrogens (tertiary/aromatic N) is 1. The predicted octanol–water partition coefficient (Wildman–Crippen LogP) is 1.88. The number of nitriles is 1. The van der Waals surface area contributed by atoms with Crippen LogP contribution in [0.5, 0.6) is 0 Å². The quantitative estimate of drug-likeness (QED) is 0.742. The van der Waals surface area contributed by atoms with Crippen LogP contribution in [0, 0.1) is 17.1 Å². The van der Waals surface area contributed by atoms with Gasteiger partial charge in [-0.1, -0.05) is 0 Å². The number of anilines is 1. The van der Waals surface area contributed by atoms with Gasteiger partial charge in [-0.2, -0.15) is 5.26 Å². The van der Waals surface area contributed by atoms with Crippen LogP contribution in [0.2, 0.25) is 0 Å². The van der Waals surface area contributed by atoms with E-state index in [4.69, 9.17) is 5.26 Å². The van der Waals surface area contributed by atoms with Crippen LogP contribution in [0.3, 0.4) is 0 Å². The molecule has 1 rings (SSSR count). The molecule has 0 heterocycles. The molecule has 5 heteroatoms. The van der Waals surface area contributed by atoms with Gasteiger partial charge in [0.2, 0.25) is 0 Å². The summed E-state index contributed by atoms with van der Waals surface area (Å²) in [7, 11) is 1.21. The highest BCUT2D eigenvalue weighted by Gasteiger charge is 2.05. The maximum absolute atomic E-state index is 12.8. The number of hydrogen-bond acceptors (Lipinski definition) is 3. The van der Waals surface area contributed by atoms with Gasteiger partial charge >= 0.3 is 6.09 Å². The van der Waals surface area contributed by atoms with Gasteiger partial charge in [-0.25, -0.2) is 9.18 Å². The zero-order valence-corrected chi connectivity index (χ0v) is 7.37. The van der Waals surface area contributed by atoms with E-state index in [9.17, 15) is 9.18 Å². The summed E-state index contributed by atoms with van der Waals surface area (Å²) in [5.41, 5.74) is 0.189. The average Bonchev–Trinajstić information content (AvgIpc) is 2.20. The molecule has 1 amide bonds. The minimum atomic E-state index is -0.666. The van der Waals surface area contributed by atoms with E-state index in [0.29, 0.717) is 5.69 Å². The number of benzene rings is 1. The minimum Gasteiger partial charge on any atom is -0.453 e. The van der Waals surface area contributed by atoms with E-state index in [0.717, 1.165) is 6.07 Å². The van der Waals surface area contributed by atoms with Crippen molar-refractivity contribution in [3.8, 4) is 6.07 Å². The van der Waals surface area contributed by atoms with Crippen molar-refractivity contribution in [3.63, 3.8) is 0 Å². The van der Waals surface area contributed by atoms with Gasteiger partial charge in [0.15, 0.2) is 0 Å². The van der Waals surface area contributed by atoms with Crippen molar-refractivity contribution >= 4 is 11.8 Å². The fourth-order valence-corrected chi connectivity index (χ4v) is 0.858. The zero-order valence-electron chi connectivity index (χ0n) is 7.37. The number of rotatable bonds is 1. The Morgan fingerprint density at radius 3 is 2.93 bits per heavy atom. The van der Waals surface area contributed by atoms with Crippen LogP contribution >= 0.6 is 0 Å². The van der Waals surface area contributed by atoms with Gasteiger partial charge in [-0.15, -0.1) is 0 Å². The van der Waals surface area contributed by atoms with Gasteiger partial charge in [-0.3, -0.25) is 5.32 Å². The molecule has 0 aromatic heterocycles. The van der Waals surface area contributed by atoms with Crippen molar-refractivity contribution < 1.29 is 13.9 Å². The van der Waals surface area contributed by atoms with E-state index in [-0.39, 0.29) is 5.56 Å². The molecule has 0 unspecified atom stereocenters. The van der Waals surface area contributed by atoms with Crippen LogP contribution in [0.4, 0.5) is 14.9 Å². The number of methoxy groups -OCH3 is 1. The summed E-state index contributed by atoms with van der Waals surface area (Å²) in [5, 5.41) is 10.8. The number of carbonyl (C=O) groups excluding carboxylic acids is 1. The lowest BCUT2D eigenvalue weighted by Crippen LogP contribution is -2.11. The largest absolute Gasteiger partial charge is 0.453 e. The van der Waals surface area contributed by atoms with Gasteiger partial charge in [0.05, 0.1) is 12.7 Å². The van der Waals surface area contributed by atoms with E-state index >= 15 is 0 Å². The Bertz CT molecular complexity index is 398. The third-order valence-corrected chi connectivity index (χ3v) is 1.52. The van der Waals surface area contributed by atoms with E-state index in [2.05, 4.69) is 10.1 Å². The molecule has 4 nitrogen and oxygen atoms in total. The number of carbonyl (C=O) groups is 1. The lowest BCUT2D eigenvalue weighted by atomic mass is 10.2. The fourth-order valence-electron chi connectivity index (χ4n) is 0.858. The molecule has 0 atom stereocenters. The molecule has 14 heavy (non-hydrogen) atoms. The summed E-state index contributed by atoms with van der Waals surface area (Å²) < 4.78 is 17.2. The second kappa shape index (κ2) is 4.23.